The van der Waals surface area contributed by atoms with Crippen molar-refractivity contribution in [1.82, 2.24) is 5.32 Å². The average molecular weight is 223 g/mol. The summed E-state index contributed by atoms with van der Waals surface area (Å²) < 4.78 is 0. The summed E-state index contributed by atoms with van der Waals surface area (Å²) in [6, 6.07) is 3.47. The van der Waals surface area contributed by atoms with Crippen LogP contribution in [0.3, 0.4) is 0 Å². The molecule has 0 radical (unpaired) electrons. The van der Waals surface area contributed by atoms with Crippen LogP contribution in [0.5, 0.6) is 5.75 Å². The molecule has 1 rings (SSSR count). The topological polar surface area (TPSA) is 69.6 Å². The van der Waals surface area contributed by atoms with Gasteiger partial charge in [-0.3, -0.25) is 4.79 Å². The van der Waals surface area contributed by atoms with E-state index in [4.69, 9.17) is 5.11 Å². The van der Waals surface area contributed by atoms with Crippen molar-refractivity contribution in [3.63, 3.8) is 0 Å². The number of aryl methyl sites for hydroxylation is 2. The van der Waals surface area contributed by atoms with Crippen molar-refractivity contribution in [1.29, 1.82) is 0 Å². The molecular formula is C12H17NO3. The molecule has 0 saturated heterocycles. The van der Waals surface area contributed by atoms with Crippen molar-refractivity contribution >= 4 is 5.91 Å². The number of aromatic hydroxyl groups is 1. The normalized spacial score (nSPS) is 10.2. The molecule has 0 fully saturated rings. The molecule has 0 heterocycles. The fourth-order valence-corrected chi connectivity index (χ4v) is 1.51. The molecular weight excluding hydrogens is 206 g/mol. The molecule has 0 aliphatic carbocycles. The van der Waals surface area contributed by atoms with Gasteiger partial charge in [-0.25, -0.2) is 0 Å². The fraction of sp³-hybridized carbons (Fsp3) is 0.417. The molecule has 0 aliphatic rings. The Balaban J connectivity index is 2.82. The Labute approximate surface area is 94.9 Å². The highest BCUT2D eigenvalue weighted by Crippen LogP contribution is 2.23. The number of hydrogen-bond donors (Lipinski definition) is 3. The molecule has 4 heteroatoms. The number of aliphatic hydroxyl groups is 1. The second-order valence-corrected chi connectivity index (χ2v) is 3.81. The number of benzene rings is 1. The highest BCUT2D eigenvalue weighted by Gasteiger charge is 2.12. The summed E-state index contributed by atoms with van der Waals surface area (Å²) in [5, 5.41) is 21.0. The molecule has 0 saturated carbocycles. The highest BCUT2D eigenvalue weighted by atomic mass is 16.3. The van der Waals surface area contributed by atoms with E-state index < -0.39 is 0 Å². The lowest BCUT2D eigenvalue weighted by Crippen LogP contribution is -2.25. The largest absolute Gasteiger partial charge is 0.507 e. The predicted octanol–water partition coefficient (Wildman–Crippen LogP) is 1.12. The van der Waals surface area contributed by atoms with Gasteiger partial charge in [-0.05, 0) is 37.5 Å². The summed E-state index contributed by atoms with van der Waals surface area (Å²) in [5.74, 6) is -0.287. The molecule has 1 aromatic carbocycles. The van der Waals surface area contributed by atoms with Gasteiger partial charge in [-0.15, -0.1) is 0 Å². The van der Waals surface area contributed by atoms with Crippen LogP contribution in [0.2, 0.25) is 0 Å². The third-order valence-corrected chi connectivity index (χ3v) is 2.31. The van der Waals surface area contributed by atoms with Gasteiger partial charge in [-0.1, -0.05) is 6.07 Å². The molecule has 3 N–H and O–H groups in total. The number of hydrogen-bond acceptors (Lipinski definition) is 3. The van der Waals surface area contributed by atoms with E-state index >= 15 is 0 Å². The van der Waals surface area contributed by atoms with Crippen LogP contribution in [0.25, 0.3) is 0 Å². The first-order chi connectivity index (χ1) is 7.56. The van der Waals surface area contributed by atoms with Gasteiger partial charge in [0.2, 0.25) is 0 Å². The molecule has 0 bridgehead atoms. The maximum absolute atomic E-state index is 11.7. The number of amides is 1. The molecule has 0 aromatic heterocycles. The van der Waals surface area contributed by atoms with Gasteiger partial charge < -0.3 is 15.5 Å². The van der Waals surface area contributed by atoms with E-state index in [1.807, 2.05) is 13.0 Å². The Morgan fingerprint density at radius 1 is 1.38 bits per heavy atom. The van der Waals surface area contributed by atoms with E-state index in [-0.39, 0.29) is 23.8 Å². The van der Waals surface area contributed by atoms with Gasteiger partial charge in [0, 0.05) is 13.2 Å². The monoisotopic (exact) mass is 223 g/mol. The minimum atomic E-state index is -0.308. The Morgan fingerprint density at radius 2 is 2.06 bits per heavy atom. The molecule has 4 nitrogen and oxygen atoms in total. The van der Waals surface area contributed by atoms with Crippen LogP contribution in [0.15, 0.2) is 12.1 Å². The van der Waals surface area contributed by atoms with E-state index in [2.05, 4.69) is 5.32 Å². The second kappa shape index (κ2) is 5.51. The van der Waals surface area contributed by atoms with Gasteiger partial charge in [0.15, 0.2) is 0 Å². The Bertz CT molecular complexity index is 388. The Kier molecular flexibility index (Phi) is 4.31. The summed E-state index contributed by atoms with van der Waals surface area (Å²) in [5.41, 5.74) is 1.91. The third kappa shape index (κ3) is 2.97. The standard InChI is InChI=1S/C12H17NO3/c1-8-6-9(2)11(15)10(7-8)12(16)13-4-3-5-14/h6-7,14-15H,3-5H2,1-2H3,(H,13,16). The molecule has 0 spiro atoms. The van der Waals surface area contributed by atoms with Gasteiger partial charge in [0.1, 0.15) is 5.75 Å². The van der Waals surface area contributed by atoms with Crippen LogP contribution in [-0.2, 0) is 0 Å². The second-order valence-electron chi connectivity index (χ2n) is 3.81. The summed E-state index contributed by atoms with van der Waals surface area (Å²) in [6.07, 6.45) is 0.511. The Morgan fingerprint density at radius 3 is 2.69 bits per heavy atom. The molecule has 0 aliphatic heterocycles. The number of carbonyl (C=O) groups is 1. The van der Waals surface area contributed by atoms with Gasteiger partial charge >= 0.3 is 0 Å². The zero-order valence-corrected chi connectivity index (χ0v) is 9.58. The lowest BCUT2D eigenvalue weighted by molar-refractivity contribution is 0.0948. The number of aliphatic hydroxyl groups excluding tert-OH is 1. The van der Waals surface area contributed by atoms with E-state index in [1.54, 1.807) is 13.0 Å². The minimum Gasteiger partial charge on any atom is -0.507 e. The van der Waals surface area contributed by atoms with E-state index in [1.165, 1.54) is 0 Å². The number of carbonyl (C=O) groups excluding carboxylic acids is 1. The first kappa shape index (κ1) is 12.5. The van der Waals surface area contributed by atoms with Crippen LogP contribution in [-0.4, -0.2) is 29.3 Å². The van der Waals surface area contributed by atoms with Crippen molar-refractivity contribution in [2.24, 2.45) is 0 Å². The van der Waals surface area contributed by atoms with Crippen LogP contribution >= 0.6 is 0 Å². The summed E-state index contributed by atoms with van der Waals surface area (Å²) >= 11 is 0. The van der Waals surface area contributed by atoms with Crippen LogP contribution in [0.1, 0.15) is 27.9 Å². The maximum Gasteiger partial charge on any atom is 0.255 e. The minimum absolute atomic E-state index is 0.0205. The first-order valence-corrected chi connectivity index (χ1v) is 5.25. The van der Waals surface area contributed by atoms with Crippen molar-refractivity contribution in [3.05, 3.63) is 28.8 Å². The zero-order valence-electron chi connectivity index (χ0n) is 9.58. The molecule has 0 unspecified atom stereocenters. The Hall–Kier alpha value is -1.55. The van der Waals surface area contributed by atoms with E-state index in [0.29, 0.717) is 18.5 Å². The lowest BCUT2D eigenvalue weighted by atomic mass is 10.1. The predicted molar refractivity (Wildman–Crippen MR) is 61.6 cm³/mol. The third-order valence-electron chi connectivity index (χ3n) is 2.31. The van der Waals surface area contributed by atoms with E-state index in [9.17, 15) is 9.90 Å². The maximum atomic E-state index is 11.7. The van der Waals surface area contributed by atoms with Crippen molar-refractivity contribution in [2.45, 2.75) is 20.3 Å². The summed E-state index contributed by atoms with van der Waals surface area (Å²) in [6.45, 7) is 4.07. The smallest absolute Gasteiger partial charge is 0.255 e. The number of phenolic OH excluding ortho intramolecular Hbond substituents is 1. The van der Waals surface area contributed by atoms with Crippen LogP contribution in [0.4, 0.5) is 0 Å². The summed E-state index contributed by atoms with van der Waals surface area (Å²) in [4.78, 5) is 11.7. The number of phenols is 1. The lowest BCUT2D eigenvalue weighted by Gasteiger charge is -2.09. The SMILES string of the molecule is Cc1cc(C)c(O)c(C(=O)NCCCO)c1. The number of nitrogens with one attached hydrogen (secondary N) is 1. The zero-order chi connectivity index (χ0) is 12.1. The fourth-order valence-electron chi connectivity index (χ4n) is 1.51. The van der Waals surface area contributed by atoms with Gasteiger partial charge in [0.25, 0.3) is 5.91 Å². The first-order valence-electron chi connectivity index (χ1n) is 5.25. The van der Waals surface area contributed by atoms with E-state index in [0.717, 1.165) is 5.56 Å². The highest BCUT2D eigenvalue weighted by molar-refractivity contribution is 5.97. The van der Waals surface area contributed by atoms with Gasteiger partial charge in [-0.2, -0.15) is 0 Å². The number of rotatable bonds is 4. The molecule has 1 amide bonds. The van der Waals surface area contributed by atoms with Crippen molar-refractivity contribution < 1.29 is 15.0 Å². The molecule has 1 aromatic rings. The average Bonchev–Trinajstić information content (AvgIpc) is 2.23. The molecule has 0 atom stereocenters. The molecule has 88 valence electrons. The summed E-state index contributed by atoms with van der Waals surface area (Å²) in [7, 11) is 0. The quantitative estimate of drug-likeness (QED) is 0.670. The van der Waals surface area contributed by atoms with Crippen molar-refractivity contribution in [3.8, 4) is 5.75 Å². The molecule has 16 heavy (non-hydrogen) atoms. The van der Waals surface area contributed by atoms with Crippen LogP contribution < -0.4 is 5.32 Å². The van der Waals surface area contributed by atoms with Crippen molar-refractivity contribution in [2.75, 3.05) is 13.2 Å². The van der Waals surface area contributed by atoms with Gasteiger partial charge in [0.05, 0.1) is 5.56 Å². The van der Waals surface area contributed by atoms with Crippen LogP contribution in [0, 0.1) is 13.8 Å².